The first-order valence-electron chi connectivity index (χ1n) is 5.88. The summed E-state index contributed by atoms with van der Waals surface area (Å²) in [5.74, 6) is 0.734. The number of rotatable bonds is 3. The smallest absolute Gasteiger partial charge is 0.133 e. The van der Waals surface area contributed by atoms with Gasteiger partial charge in [-0.3, -0.25) is 0 Å². The molecule has 1 aromatic heterocycles. The monoisotopic (exact) mass is 295 g/mol. The van der Waals surface area contributed by atoms with E-state index in [1.807, 2.05) is 36.2 Å². The van der Waals surface area contributed by atoms with Crippen LogP contribution in [0.4, 0.5) is 11.5 Å². The third-order valence-corrected chi connectivity index (χ3v) is 3.51. The fourth-order valence-electron chi connectivity index (χ4n) is 1.87. The van der Waals surface area contributed by atoms with Crippen molar-refractivity contribution in [3.05, 3.63) is 52.1 Å². The van der Waals surface area contributed by atoms with Gasteiger partial charge in [-0.15, -0.1) is 0 Å². The first-order valence-corrected chi connectivity index (χ1v) is 6.64. The summed E-state index contributed by atoms with van der Waals surface area (Å²) >= 11 is 11.9. The third-order valence-electron chi connectivity index (χ3n) is 3.08. The molecule has 1 aromatic carbocycles. The van der Waals surface area contributed by atoms with Crippen molar-refractivity contribution in [2.45, 2.75) is 13.0 Å². The topological polar surface area (TPSA) is 42.1 Å². The molecule has 0 radical (unpaired) electrons. The van der Waals surface area contributed by atoms with Crippen molar-refractivity contribution in [3.63, 3.8) is 0 Å². The van der Waals surface area contributed by atoms with E-state index in [0.717, 1.165) is 16.4 Å². The highest BCUT2D eigenvalue weighted by atomic mass is 35.5. The predicted molar refractivity (Wildman–Crippen MR) is 81.9 cm³/mol. The molecule has 0 aliphatic rings. The molecule has 1 heterocycles. The van der Waals surface area contributed by atoms with Gasteiger partial charge in [0, 0.05) is 23.8 Å². The minimum atomic E-state index is 0.115. The van der Waals surface area contributed by atoms with Crippen molar-refractivity contribution in [3.8, 4) is 0 Å². The Labute approximate surface area is 123 Å². The summed E-state index contributed by atoms with van der Waals surface area (Å²) in [6.07, 6.45) is 0. The summed E-state index contributed by atoms with van der Waals surface area (Å²) in [5.41, 5.74) is 7.49. The van der Waals surface area contributed by atoms with Crippen molar-refractivity contribution in [1.82, 2.24) is 4.98 Å². The Morgan fingerprint density at radius 3 is 2.58 bits per heavy atom. The van der Waals surface area contributed by atoms with Crippen LogP contribution in [0, 0.1) is 0 Å². The van der Waals surface area contributed by atoms with Crippen LogP contribution < -0.4 is 10.6 Å². The molecule has 0 aliphatic heterocycles. The molecule has 0 bridgehead atoms. The molecule has 0 spiro atoms. The number of benzene rings is 1. The molecule has 0 fully saturated rings. The molecule has 0 saturated heterocycles. The normalized spacial score (nSPS) is 12.2. The van der Waals surface area contributed by atoms with Crippen LogP contribution in [0.25, 0.3) is 0 Å². The van der Waals surface area contributed by atoms with E-state index in [2.05, 4.69) is 11.9 Å². The molecule has 2 N–H and O–H groups in total. The third kappa shape index (κ3) is 3.31. The zero-order chi connectivity index (χ0) is 14.0. The van der Waals surface area contributed by atoms with Gasteiger partial charge in [0.15, 0.2) is 0 Å². The number of pyridine rings is 1. The Hall–Kier alpha value is -1.45. The fourth-order valence-corrected chi connectivity index (χ4v) is 2.28. The van der Waals surface area contributed by atoms with E-state index in [9.17, 15) is 0 Å². The van der Waals surface area contributed by atoms with Crippen molar-refractivity contribution >= 4 is 34.7 Å². The quantitative estimate of drug-likeness (QED) is 0.864. The lowest BCUT2D eigenvalue weighted by molar-refractivity contribution is 0.729. The highest BCUT2D eigenvalue weighted by Gasteiger charge is 2.14. The van der Waals surface area contributed by atoms with Gasteiger partial charge in [0.1, 0.15) is 11.0 Å². The van der Waals surface area contributed by atoms with Crippen molar-refractivity contribution in [2.75, 3.05) is 17.7 Å². The average Bonchev–Trinajstić information content (AvgIpc) is 2.36. The summed E-state index contributed by atoms with van der Waals surface area (Å²) in [6.45, 7) is 2.07. The second-order valence-electron chi connectivity index (χ2n) is 4.42. The molecule has 1 unspecified atom stereocenters. The molecule has 100 valence electrons. The van der Waals surface area contributed by atoms with Gasteiger partial charge >= 0.3 is 0 Å². The first-order chi connectivity index (χ1) is 8.97. The maximum absolute atomic E-state index is 6.01. The lowest BCUT2D eigenvalue weighted by Crippen LogP contribution is -2.22. The second-order valence-corrected chi connectivity index (χ2v) is 5.25. The molecule has 0 aliphatic carbocycles. The zero-order valence-electron chi connectivity index (χ0n) is 10.8. The van der Waals surface area contributed by atoms with Crippen LogP contribution in [0.15, 0.2) is 36.4 Å². The number of halogens is 2. The Morgan fingerprint density at radius 2 is 1.95 bits per heavy atom. The summed E-state index contributed by atoms with van der Waals surface area (Å²) in [7, 11) is 1.95. The SMILES string of the molecule is CC(c1cccc(Cl)c1)N(C)c1cc(N)cc(Cl)n1. The van der Waals surface area contributed by atoms with Crippen LogP contribution in [-0.2, 0) is 0 Å². The average molecular weight is 296 g/mol. The standard InChI is InChI=1S/C14H15Cl2N3/c1-9(10-4-3-5-11(15)6-10)19(2)14-8-12(17)7-13(16)18-14/h3-9H,1-2H3,(H2,17,18). The Balaban J connectivity index is 2.30. The van der Waals surface area contributed by atoms with Gasteiger partial charge in [-0.1, -0.05) is 35.3 Å². The number of hydrogen-bond acceptors (Lipinski definition) is 3. The number of hydrogen-bond donors (Lipinski definition) is 1. The fraction of sp³-hybridized carbons (Fsp3) is 0.214. The van der Waals surface area contributed by atoms with Crippen LogP contribution in [0.5, 0.6) is 0 Å². The van der Waals surface area contributed by atoms with Crippen molar-refractivity contribution in [2.24, 2.45) is 0 Å². The molecule has 0 saturated carbocycles. The molecule has 19 heavy (non-hydrogen) atoms. The number of anilines is 2. The first kappa shape index (κ1) is 14.0. The maximum Gasteiger partial charge on any atom is 0.133 e. The molecular weight excluding hydrogens is 281 g/mol. The molecule has 1 atom stereocenters. The van der Waals surface area contributed by atoms with E-state index in [-0.39, 0.29) is 6.04 Å². The van der Waals surface area contributed by atoms with Gasteiger partial charge in [-0.25, -0.2) is 4.98 Å². The molecular formula is C14H15Cl2N3. The Morgan fingerprint density at radius 1 is 1.21 bits per heavy atom. The molecule has 0 amide bonds. The Bertz CT molecular complexity index is 566. The van der Waals surface area contributed by atoms with Crippen LogP contribution in [0.2, 0.25) is 10.2 Å². The largest absolute Gasteiger partial charge is 0.399 e. The summed E-state index contributed by atoms with van der Waals surface area (Å²) in [6, 6.07) is 11.3. The van der Waals surface area contributed by atoms with E-state index >= 15 is 0 Å². The predicted octanol–water partition coefficient (Wildman–Crippen LogP) is 4.17. The van der Waals surface area contributed by atoms with E-state index in [1.54, 1.807) is 12.1 Å². The van der Waals surface area contributed by atoms with Crippen molar-refractivity contribution < 1.29 is 0 Å². The molecule has 3 nitrogen and oxygen atoms in total. The second kappa shape index (κ2) is 5.68. The van der Waals surface area contributed by atoms with Crippen LogP contribution in [-0.4, -0.2) is 12.0 Å². The van der Waals surface area contributed by atoms with Gasteiger partial charge in [0.2, 0.25) is 0 Å². The van der Waals surface area contributed by atoms with Gasteiger partial charge in [0.25, 0.3) is 0 Å². The summed E-state index contributed by atoms with van der Waals surface area (Å²) in [4.78, 5) is 6.29. The van der Waals surface area contributed by atoms with Gasteiger partial charge in [0.05, 0.1) is 6.04 Å². The zero-order valence-corrected chi connectivity index (χ0v) is 12.3. The summed E-state index contributed by atoms with van der Waals surface area (Å²) in [5, 5.41) is 1.11. The van der Waals surface area contributed by atoms with E-state index in [1.165, 1.54) is 0 Å². The van der Waals surface area contributed by atoms with E-state index in [4.69, 9.17) is 28.9 Å². The number of nitrogen functional groups attached to an aromatic ring is 1. The highest BCUT2D eigenvalue weighted by molar-refractivity contribution is 6.30. The summed E-state index contributed by atoms with van der Waals surface area (Å²) < 4.78 is 0. The number of aromatic nitrogens is 1. The number of nitrogens with zero attached hydrogens (tertiary/aromatic N) is 2. The maximum atomic E-state index is 6.01. The minimum absolute atomic E-state index is 0.115. The number of nitrogens with two attached hydrogens (primary N) is 1. The van der Waals surface area contributed by atoms with Crippen LogP contribution >= 0.6 is 23.2 Å². The molecule has 2 rings (SSSR count). The van der Waals surface area contributed by atoms with Crippen LogP contribution in [0.1, 0.15) is 18.5 Å². The van der Waals surface area contributed by atoms with E-state index < -0.39 is 0 Å². The van der Waals surface area contributed by atoms with E-state index in [0.29, 0.717) is 10.8 Å². The Kier molecular flexibility index (Phi) is 4.17. The van der Waals surface area contributed by atoms with Gasteiger partial charge < -0.3 is 10.6 Å². The van der Waals surface area contributed by atoms with Crippen molar-refractivity contribution in [1.29, 1.82) is 0 Å². The molecule has 5 heteroatoms. The minimum Gasteiger partial charge on any atom is -0.399 e. The van der Waals surface area contributed by atoms with Gasteiger partial charge in [-0.2, -0.15) is 0 Å². The van der Waals surface area contributed by atoms with Crippen LogP contribution in [0.3, 0.4) is 0 Å². The molecule has 2 aromatic rings. The lowest BCUT2D eigenvalue weighted by atomic mass is 10.1. The lowest BCUT2D eigenvalue weighted by Gasteiger charge is -2.26. The van der Waals surface area contributed by atoms with Gasteiger partial charge in [-0.05, 0) is 30.7 Å². The highest BCUT2D eigenvalue weighted by Crippen LogP contribution is 2.27.